The minimum Gasteiger partial charge on any atom is -0.376 e. The number of hydrogen-bond donors (Lipinski definition) is 2. The van der Waals surface area contributed by atoms with Crippen LogP contribution in [0.15, 0.2) is 48.8 Å². The molecule has 0 bridgehead atoms. The van der Waals surface area contributed by atoms with Gasteiger partial charge in [0.1, 0.15) is 0 Å². The third-order valence-electron chi connectivity index (χ3n) is 5.12. The number of carbonyl (C=O) groups excluding carboxylic acids is 2. The van der Waals surface area contributed by atoms with E-state index in [-0.39, 0.29) is 18.2 Å². The lowest BCUT2D eigenvalue weighted by Gasteiger charge is -2.26. The van der Waals surface area contributed by atoms with E-state index in [4.69, 9.17) is 4.74 Å². The maximum atomic E-state index is 13.1. The Hall–Kier alpha value is -3.13. The van der Waals surface area contributed by atoms with Crippen molar-refractivity contribution in [2.45, 2.75) is 25.5 Å². The monoisotopic (exact) mass is 395 g/mol. The van der Waals surface area contributed by atoms with Crippen LogP contribution in [0.3, 0.4) is 0 Å². The van der Waals surface area contributed by atoms with Crippen molar-refractivity contribution in [1.29, 1.82) is 0 Å². The van der Waals surface area contributed by atoms with Crippen molar-refractivity contribution < 1.29 is 14.3 Å². The maximum Gasteiger partial charge on any atom is 0.322 e. The number of benzene rings is 1. The van der Waals surface area contributed by atoms with E-state index in [0.717, 1.165) is 30.7 Å². The maximum absolute atomic E-state index is 13.1. The lowest BCUT2D eigenvalue weighted by atomic mass is 10.2. The number of aromatic nitrogens is 1. The van der Waals surface area contributed by atoms with Gasteiger partial charge in [-0.1, -0.05) is 6.07 Å². The minimum absolute atomic E-state index is 0.0576. The predicted octanol–water partition coefficient (Wildman–Crippen LogP) is 2.82. The summed E-state index contributed by atoms with van der Waals surface area (Å²) in [5, 5.41) is 5.76. The molecule has 2 aliphatic heterocycles. The van der Waals surface area contributed by atoms with Gasteiger partial charge in [0.2, 0.25) is 0 Å². The van der Waals surface area contributed by atoms with Crippen LogP contribution in [0.1, 0.15) is 18.4 Å². The average molecular weight is 395 g/mol. The fourth-order valence-electron chi connectivity index (χ4n) is 3.63. The van der Waals surface area contributed by atoms with Crippen molar-refractivity contribution in [3.63, 3.8) is 0 Å². The summed E-state index contributed by atoms with van der Waals surface area (Å²) in [5.74, 6) is 0. The number of carbonyl (C=O) groups is 2. The highest BCUT2D eigenvalue weighted by Crippen LogP contribution is 2.22. The van der Waals surface area contributed by atoms with E-state index in [0.29, 0.717) is 31.9 Å². The highest BCUT2D eigenvalue weighted by molar-refractivity contribution is 5.95. The van der Waals surface area contributed by atoms with Gasteiger partial charge in [-0.05, 0) is 48.7 Å². The number of nitrogens with one attached hydrogen (secondary N) is 2. The number of rotatable bonds is 6. The first-order valence-electron chi connectivity index (χ1n) is 9.91. The fourth-order valence-corrected chi connectivity index (χ4v) is 3.63. The quantitative estimate of drug-likeness (QED) is 0.787. The Bertz CT molecular complexity index is 854. The summed E-state index contributed by atoms with van der Waals surface area (Å²) in [5.41, 5.74) is 2.42. The van der Waals surface area contributed by atoms with Crippen LogP contribution in [-0.2, 0) is 11.3 Å². The summed E-state index contributed by atoms with van der Waals surface area (Å²) in [7, 11) is 0. The van der Waals surface area contributed by atoms with Crippen LogP contribution in [0.5, 0.6) is 0 Å². The van der Waals surface area contributed by atoms with E-state index in [1.807, 2.05) is 36.4 Å². The molecule has 8 nitrogen and oxygen atoms in total. The van der Waals surface area contributed by atoms with Gasteiger partial charge in [-0.2, -0.15) is 0 Å². The van der Waals surface area contributed by atoms with Crippen LogP contribution in [0.2, 0.25) is 0 Å². The zero-order valence-electron chi connectivity index (χ0n) is 16.2. The lowest BCUT2D eigenvalue weighted by molar-refractivity contribution is 0.0819. The van der Waals surface area contributed by atoms with E-state index in [1.54, 1.807) is 22.2 Å². The number of anilines is 2. The molecule has 1 aromatic heterocycles. The molecule has 29 heavy (non-hydrogen) atoms. The van der Waals surface area contributed by atoms with Gasteiger partial charge in [-0.25, -0.2) is 9.59 Å². The third kappa shape index (κ3) is 4.83. The molecule has 2 aromatic rings. The van der Waals surface area contributed by atoms with Crippen molar-refractivity contribution in [3.05, 3.63) is 54.4 Å². The molecule has 0 radical (unpaired) electrons. The summed E-state index contributed by atoms with van der Waals surface area (Å²) in [6.07, 6.45) is 5.49. The molecule has 152 valence electrons. The Morgan fingerprint density at radius 1 is 1.31 bits per heavy atom. The number of urea groups is 2. The first-order valence-corrected chi connectivity index (χ1v) is 9.91. The van der Waals surface area contributed by atoms with Gasteiger partial charge in [0.05, 0.1) is 6.10 Å². The van der Waals surface area contributed by atoms with Crippen LogP contribution < -0.4 is 15.5 Å². The molecule has 0 saturated carbocycles. The largest absolute Gasteiger partial charge is 0.376 e. The van der Waals surface area contributed by atoms with E-state index in [1.165, 1.54) is 0 Å². The first-order chi connectivity index (χ1) is 14.2. The molecule has 0 aliphatic carbocycles. The molecule has 8 heteroatoms. The molecule has 1 unspecified atom stereocenters. The normalized spacial score (nSPS) is 18.6. The molecule has 0 spiro atoms. The van der Waals surface area contributed by atoms with Gasteiger partial charge >= 0.3 is 12.1 Å². The SMILES string of the molecule is O=C(Nc1cccc(N2CCNC2=O)c1)N(Cc1ccncc1)CC1CCCO1. The van der Waals surface area contributed by atoms with Gasteiger partial charge in [0.25, 0.3) is 0 Å². The molecule has 1 atom stereocenters. The van der Waals surface area contributed by atoms with Crippen LogP contribution in [0.25, 0.3) is 0 Å². The Morgan fingerprint density at radius 3 is 2.90 bits per heavy atom. The molecular formula is C21H25N5O3. The molecule has 1 aromatic carbocycles. The third-order valence-corrected chi connectivity index (χ3v) is 5.12. The molecule has 2 aliphatic rings. The minimum atomic E-state index is -0.194. The molecule has 2 N–H and O–H groups in total. The van der Waals surface area contributed by atoms with Crippen LogP contribution in [0.4, 0.5) is 21.0 Å². The van der Waals surface area contributed by atoms with Crippen LogP contribution in [-0.4, -0.2) is 54.3 Å². The number of hydrogen-bond acceptors (Lipinski definition) is 4. The van der Waals surface area contributed by atoms with Crippen LogP contribution in [0, 0.1) is 0 Å². The molecular weight excluding hydrogens is 370 g/mol. The van der Waals surface area contributed by atoms with Gasteiger partial charge in [0.15, 0.2) is 0 Å². The topological polar surface area (TPSA) is 86.8 Å². The molecule has 3 heterocycles. The first kappa shape index (κ1) is 19.2. The van der Waals surface area contributed by atoms with Gasteiger partial charge < -0.3 is 20.3 Å². The van der Waals surface area contributed by atoms with Crippen molar-refractivity contribution >= 4 is 23.4 Å². The number of amides is 4. The van der Waals surface area contributed by atoms with Gasteiger partial charge in [-0.3, -0.25) is 9.88 Å². The van der Waals surface area contributed by atoms with E-state index in [9.17, 15) is 9.59 Å². The molecule has 2 fully saturated rings. The zero-order valence-corrected chi connectivity index (χ0v) is 16.2. The lowest BCUT2D eigenvalue weighted by Crippen LogP contribution is -2.39. The number of pyridine rings is 1. The van der Waals surface area contributed by atoms with E-state index in [2.05, 4.69) is 15.6 Å². The van der Waals surface area contributed by atoms with Crippen LogP contribution >= 0.6 is 0 Å². The second kappa shape index (κ2) is 8.91. The molecule has 4 rings (SSSR count). The van der Waals surface area contributed by atoms with E-state index < -0.39 is 0 Å². The Labute approximate surface area is 169 Å². The van der Waals surface area contributed by atoms with Crippen molar-refractivity contribution in [2.24, 2.45) is 0 Å². The van der Waals surface area contributed by atoms with E-state index >= 15 is 0 Å². The summed E-state index contributed by atoms with van der Waals surface area (Å²) >= 11 is 0. The van der Waals surface area contributed by atoms with Crippen molar-refractivity contribution in [2.75, 3.05) is 36.5 Å². The Morgan fingerprint density at radius 2 is 2.17 bits per heavy atom. The van der Waals surface area contributed by atoms with Gasteiger partial charge in [0, 0.05) is 56.6 Å². The fraction of sp³-hybridized carbons (Fsp3) is 0.381. The average Bonchev–Trinajstić information content (AvgIpc) is 3.40. The Balaban J connectivity index is 1.47. The summed E-state index contributed by atoms with van der Waals surface area (Å²) < 4.78 is 5.73. The number of ether oxygens (including phenoxy) is 1. The van der Waals surface area contributed by atoms with Gasteiger partial charge in [-0.15, -0.1) is 0 Å². The number of nitrogens with zero attached hydrogens (tertiary/aromatic N) is 3. The highest BCUT2D eigenvalue weighted by Gasteiger charge is 2.24. The zero-order chi connectivity index (χ0) is 20.1. The Kier molecular flexibility index (Phi) is 5.90. The second-order valence-corrected chi connectivity index (χ2v) is 7.24. The molecule has 4 amide bonds. The highest BCUT2D eigenvalue weighted by atomic mass is 16.5. The predicted molar refractivity (Wildman–Crippen MR) is 110 cm³/mol. The second-order valence-electron chi connectivity index (χ2n) is 7.24. The molecule has 2 saturated heterocycles. The smallest absolute Gasteiger partial charge is 0.322 e. The van der Waals surface area contributed by atoms with Crippen molar-refractivity contribution in [1.82, 2.24) is 15.2 Å². The van der Waals surface area contributed by atoms with Crippen molar-refractivity contribution in [3.8, 4) is 0 Å². The summed E-state index contributed by atoms with van der Waals surface area (Å²) in [6, 6.07) is 10.8. The summed E-state index contributed by atoms with van der Waals surface area (Å²) in [6.45, 7) is 2.99. The standard InChI is InChI=1S/C21H25N5O3/c27-20-23-10-11-26(20)18-4-1-3-17(13-18)24-21(28)25(15-19-5-2-12-29-19)14-16-6-8-22-9-7-16/h1,3-4,6-9,13,19H,2,5,10-12,14-15H2,(H,23,27)(H,24,28). The summed E-state index contributed by atoms with van der Waals surface area (Å²) in [4.78, 5) is 32.4.